The molecule has 0 radical (unpaired) electrons. The molecule has 3 fully saturated rings. The Hall–Kier alpha value is -1.88. The summed E-state index contributed by atoms with van der Waals surface area (Å²) in [4.78, 5) is 27.9. The van der Waals surface area contributed by atoms with E-state index < -0.39 is 0 Å². The molecule has 4 aliphatic heterocycles. The Morgan fingerprint density at radius 1 is 1.40 bits per heavy atom. The molecule has 1 amide bonds. The molecule has 1 unspecified atom stereocenters. The third-order valence-corrected chi connectivity index (χ3v) is 6.38. The molecule has 5 heteroatoms. The van der Waals surface area contributed by atoms with Crippen LogP contribution >= 0.6 is 0 Å². The molecule has 134 valence electrons. The van der Waals surface area contributed by atoms with Gasteiger partial charge in [-0.3, -0.25) is 14.5 Å². The van der Waals surface area contributed by atoms with Crippen LogP contribution in [0.3, 0.4) is 0 Å². The molecule has 0 aliphatic carbocycles. The van der Waals surface area contributed by atoms with Gasteiger partial charge in [-0.05, 0) is 55.0 Å². The van der Waals surface area contributed by atoms with Crippen LogP contribution in [-0.2, 0) is 9.59 Å². The first-order chi connectivity index (χ1) is 12.1. The summed E-state index contributed by atoms with van der Waals surface area (Å²) in [6.07, 6.45) is 3.59. The van der Waals surface area contributed by atoms with Crippen LogP contribution in [0.4, 0.5) is 5.69 Å². The molecule has 5 nitrogen and oxygen atoms in total. The normalized spacial score (nSPS) is 33.5. The predicted octanol–water partition coefficient (Wildman–Crippen LogP) is 2.81. The molecule has 2 bridgehead atoms. The van der Waals surface area contributed by atoms with Crippen LogP contribution in [-0.4, -0.2) is 42.8 Å². The van der Waals surface area contributed by atoms with Crippen LogP contribution in [0.15, 0.2) is 18.2 Å². The van der Waals surface area contributed by atoms with Crippen molar-refractivity contribution in [2.45, 2.75) is 44.6 Å². The molecule has 5 atom stereocenters. The zero-order chi connectivity index (χ0) is 17.6. The summed E-state index contributed by atoms with van der Waals surface area (Å²) in [5, 5.41) is 2.89. The second-order valence-electron chi connectivity index (χ2n) is 7.62. The van der Waals surface area contributed by atoms with E-state index in [1.54, 1.807) is 7.11 Å². The van der Waals surface area contributed by atoms with Gasteiger partial charge in [-0.1, -0.05) is 13.3 Å². The Morgan fingerprint density at radius 3 is 2.92 bits per heavy atom. The van der Waals surface area contributed by atoms with Gasteiger partial charge in [0.05, 0.1) is 19.1 Å². The lowest BCUT2D eigenvalue weighted by molar-refractivity contribution is -0.134. The number of hydrogen-bond donors (Lipinski definition) is 1. The zero-order valence-corrected chi connectivity index (χ0v) is 15.0. The van der Waals surface area contributed by atoms with Crippen molar-refractivity contribution in [1.82, 2.24) is 4.90 Å². The first-order valence-electron chi connectivity index (χ1n) is 9.36. The lowest BCUT2D eigenvalue weighted by atomic mass is 9.71. The van der Waals surface area contributed by atoms with E-state index in [2.05, 4.69) is 17.1 Å². The van der Waals surface area contributed by atoms with Crippen molar-refractivity contribution in [2.75, 3.05) is 25.5 Å². The first-order valence-corrected chi connectivity index (χ1v) is 9.36. The van der Waals surface area contributed by atoms with Crippen molar-refractivity contribution >= 4 is 17.4 Å². The van der Waals surface area contributed by atoms with E-state index in [4.69, 9.17) is 4.74 Å². The molecular weight excluding hydrogens is 316 g/mol. The number of amides is 1. The van der Waals surface area contributed by atoms with E-state index in [0.717, 1.165) is 42.4 Å². The molecule has 4 heterocycles. The maximum absolute atomic E-state index is 13.4. The molecular formula is C20H26N2O3. The van der Waals surface area contributed by atoms with Crippen molar-refractivity contribution in [3.63, 3.8) is 0 Å². The fourth-order valence-corrected chi connectivity index (χ4v) is 4.95. The number of rotatable bonds is 4. The SMILES string of the molecule is CC[C@H]1CN2CC[C@H]1C[C@H]2C(=O)[C@H]1CC(=O)Nc2ccc(OC)cc21. The Bertz CT molecular complexity index is 702. The van der Waals surface area contributed by atoms with E-state index in [9.17, 15) is 9.59 Å². The summed E-state index contributed by atoms with van der Waals surface area (Å²) >= 11 is 0. The summed E-state index contributed by atoms with van der Waals surface area (Å²) in [6.45, 7) is 4.29. The molecule has 1 aromatic carbocycles. The van der Waals surface area contributed by atoms with Crippen LogP contribution in [0, 0.1) is 11.8 Å². The monoisotopic (exact) mass is 342 g/mol. The van der Waals surface area contributed by atoms with Crippen molar-refractivity contribution in [2.24, 2.45) is 11.8 Å². The summed E-state index contributed by atoms with van der Waals surface area (Å²) in [6, 6.07) is 5.54. The third-order valence-electron chi connectivity index (χ3n) is 6.38. The van der Waals surface area contributed by atoms with Gasteiger partial charge in [-0.2, -0.15) is 0 Å². The number of carbonyl (C=O) groups excluding carboxylic acids is 2. The highest BCUT2D eigenvalue weighted by molar-refractivity contribution is 6.03. The highest BCUT2D eigenvalue weighted by Gasteiger charge is 2.45. The van der Waals surface area contributed by atoms with Crippen LogP contribution in [0.2, 0.25) is 0 Å². The van der Waals surface area contributed by atoms with Gasteiger partial charge in [-0.15, -0.1) is 0 Å². The highest BCUT2D eigenvalue weighted by Crippen LogP contribution is 2.42. The van der Waals surface area contributed by atoms with Gasteiger partial charge in [0.25, 0.3) is 0 Å². The molecule has 4 aliphatic rings. The lowest BCUT2D eigenvalue weighted by Gasteiger charge is -2.50. The van der Waals surface area contributed by atoms with Crippen LogP contribution in [0.1, 0.15) is 44.1 Å². The average Bonchev–Trinajstić information content (AvgIpc) is 2.66. The second-order valence-corrected chi connectivity index (χ2v) is 7.62. The smallest absolute Gasteiger partial charge is 0.225 e. The third kappa shape index (κ3) is 2.84. The van der Waals surface area contributed by atoms with Crippen LogP contribution in [0.5, 0.6) is 5.75 Å². The van der Waals surface area contributed by atoms with Gasteiger partial charge in [0.2, 0.25) is 5.91 Å². The number of piperidine rings is 3. The van der Waals surface area contributed by atoms with E-state index >= 15 is 0 Å². The Balaban J connectivity index is 1.62. The van der Waals surface area contributed by atoms with Crippen molar-refractivity contribution in [3.8, 4) is 5.75 Å². The minimum absolute atomic E-state index is 0.0310. The maximum atomic E-state index is 13.4. The quantitative estimate of drug-likeness (QED) is 0.914. The number of fused-ring (bicyclic) bond motifs is 4. The zero-order valence-electron chi connectivity index (χ0n) is 15.0. The number of benzene rings is 1. The first kappa shape index (κ1) is 16.6. The van der Waals surface area contributed by atoms with Crippen molar-refractivity contribution in [3.05, 3.63) is 23.8 Å². The molecule has 5 rings (SSSR count). The lowest BCUT2D eigenvalue weighted by Crippen LogP contribution is -2.57. The summed E-state index contributed by atoms with van der Waals surface area (Å²) < 4.78 is 5.32. The Labute approximate surface area is 148 Å². The van der Waals surface area contributed by atoms with E-state index in [-0.39, 0.29) is 30.1 Å². The molecule has 25 heavy (non-hydrogen) atoms. The van der Waals surface area contributed by atoms with Gasteiger partial charge in [0.1, 0.15) is 5.75 Å². The summed E-state index contributed by atoms with van der Waals surface area (Å²) in [5.74, 6) is 1.89. The Kier molecular flexibility index (Phi) is 4.28. The topological polar surface area (TPSA) is 58.6 Å². The van der Waals surface area contributed by atoms with Gasteiger partial charge in [0, 0.05) is 18.7 Å². The number of nitrogens with one attached hydrogen (secondary N) is 1. The van der Waals surface area contributed by atoms with Crippen molar-refractivity contribution < 1.29 is 14.3 Å². The number of anilines is 1. The summed E-state index contributed by atoms with van der Waals surface area (Å²) in [7, 11) is 1.62. The molecule has 0 saturated carbocycles. The highest BCUT2D eigenvalue weighted by atomic mass is 16.5. The molecule has 1 aromatic rings. The maximum Gasteiger partial charge on any atom is 0.225 e. The Morgan fingerprint density at radius 2 is 2.24 bits per heavy atom. The number of Topliss-reactive ketones (excluding diaryl/α,β-unsaturated/α-hetero) is 1. The van der Waals surface area contributed by atoms with E-state index in [1.807, 2.05) is 18.2 Å². The average molecular weight is 342 g/mol. The van der Waals surface area contributed by atoms with Crippen molar-refractivity contribution in [1.29, 1.82) is 0 Å². The molecule has 0 spiro atoms. The van der Waals surface area contributed by atoms with Crippen LogP contribution in [0.25, 0.3) is 0 Å². The minimum atomic E-state index is -0.358. The number of ether oxygens (including phenoxy) is 1. The second kappa shape index (κ2) is 6.45. The van der Waals surface area contributed by atoms with Crippen LogP contribution < -0.4 is 10.1 Å². The van der Waals surface area contributed by atoms with Gasteiger partial charge in [0.15, 0.2) is 5.78 Å². The molecule has 1 N–H and O–H groups in total. The number of hydrogen-bond acceptors (Lipinski definition) is 4. The fourth-order valence-electron chi connectivity index (χ4n) is 4.95. The number of ketones is 1. The van der Waals surface area contributed by atoms with Gasteiger partial charge in [-0.25, -0.2) is 0 Å². The summed E-state index contributed by atoms with van der Waals surface area (Å²) in [5.41, 5.74) is 1.65. The number of carbonyl (C=O) groups is 2. The molecule has 0 aromatic heterocycles. The minimum Gasteiger partial charge on any atom is -0.497 e. The predicted molar refractivity (Wildman–Crippen MR) is 95.9 cm³/mol. The number of methoxy groups -OCH3 is 1. The van der Waals surface area contributed by atoms with Gasteiger partial charge >= 0.3 is 0 Å². The fraction of sp³-hybridized carbons (Fsp3) is 0.600. The standard InChI is InChI=1S/C20H26N2O3/c1-3-12-11-22-7-6-13(12)8-18(22)20(24)16-10-19(23)21-17-5-4-14(25-2)9-15(16)17/h4-5,9,12-13,16,18H,3,6-8,10-11H2,1-2H3,(H,21,23)/t12-,13-,16-,18-/m0/s1. The van der Waals surface area contributed by atoms with E-state index in [1.165, 1.54) is 12.8 Å². The molecule has 3 saturated heterocycles. The van der Waals surface area contributed by atoms with Gasteiger partial charge < -0.3 is 10.1 Å². The largest absolute Gasteiger partial charge is 0.497 e. The number of nitrogens with zero attached hydrogens (tertiary/aromatic N) is 1. The van der Waals surface area contributed by atoms with E-state index in [0.29, 0.717) is 5.92 Å².